The minimum absolute atomic E-state index is 0.387. The summed E-state index contributed by atoms with van der Waals surface area (Å²) in [7, 11) is 3.74. The molecule has 2 N–H and O–H groups in total. The van der Waals surface area contributed by atoms with Crippen molar-refractivity contribution < 1.29 is 4.74 Å². The van der Waals surface area contributed by atoms with Gasteiger partial charge in [0.25, 0.3) is 0 Å². The fraction of sp³-hybridized carbons (Fsp3) is 0.250. The molecule has 0 atom stereocenters. The average Bonchev–Trinajstić information content (AvgIpc) is 2.92. The van der Waals surface area contributed by atoms with Crippen LogP contribution in [0.1, 0.15) is 10.4 Å². The molecule has 0 aliphatic carbocycles. The van der Waals surface area contributed by atoms with E-state index in [4.69, 9.17) is 10.5 Å². The van der Waals surface area contributed by atoms with E-state index in [2.05, 4.69) is 35.2 Å². The van der Waals surface area contributed by atoms with Crippen molar-refractivity contribution in [3.8, 4) is 17.6 Å². The molecule has 2 aromatic rings. The molecule has 2 rings (SSSR count). The molecule has 0 amide bonds. The van der Waals surface area contributed by atoms with Gasteiger partial charge in [0.2, 0.25) is 0 Å². The molecule has 0 fully saturated rings. The molecule has 0 spiro atoms. The Bertz CT molecular complexity index is 625. The second kappa shape index (κ2) is 6.99. The Balaban J connectivity index is 2.19. The van der Waals surface area contributed by atoms with Crippen molar-refractivity contribution in [2.24, 2.45) is 5.73 Å². The van der Waals surface area contributed by atoms with Crippen molar-refractivity contribution in [2.45, 2.75) is 6.54 Å². The second-order valence-electron chi connectivity index (χ2n) is 4.29. The van der Waals surface area contributed by atoms with E-state index >= 15 is 0 Å². The van der Waals surface area contributed by atoms with Crippen molar-refractivity contribution >= 4 is 17.0 Å². The van der Waals surface area contributed by atoms with Crippen LogP contribution in [0.25, 0.3) is 0 Å². The molecule has 0 saturated carbocycles. The maximum atomic E-state index is 5.43. The van der Waals surface area contributed by atoms with Gasteiger partial charge in [0.1, 0.15) is 5.75 Å². The highest BCUT2D eigenvalue weighted by atomic mass is 32.1. The number of nitrogens with zero attached hydrogens (tertiary/aromatic N) is 1. The number of methoxy groups -OCH3 is 1. The van der Waals surface area contributed by atoms with E-state index in [1.165, 1.54) is 4.88 Å². The van der Waals surface area contributed by atoms with Gasteiger partial charge in [-0.2, -0.15) is 0 Å². The summed E-state index contributed by atoms with van der Waals surface area (Å²) >= 11 is 1.71. The molecule has 0 unspecified atom stereocenters. The highest BCUT2D eigenvalue weighted by Gasteiger charge is 2.10. The van der Waals surface area contributed by atoms with Gasteiger partial charge in [0, 0.05) is 17.5 Å². The third-order valence-electron chi connectivity index (χ3n) is 2.95. The van der Waals surface area contributed by atoms with Gasteiger partial charge in [0.05, 0.1) is 25.9 Å². The lowest BCUT2D eigenvalue weighted by Crippen LogP contribution is -2.16. The predicted octanol–water partition coefficient (Wildman–Crippen LogP) is 2.70. The summed E-state index contributed by atoms with van der Waals surface area (Å²) in [5.74, 6) is 6.90. The Hall–Kier alpha value is -1.96. The summed E-state index contributed by atoms with van der Waals surface area (Å²) < 4.78 is 5.40. The topological polar surface area (TPSA) is 38.5 Å². The number of rotatable bonds is 4. The summed E-state index contributed by atoms with van der Waals surface area (Å²) in [5, 5.41) is 2.06. The normalized spacial score (nSPS) is 9.75. The van der Waals surface area contributed by atoms with Crippen LogP contribution in [0, 0.1) is 11.8 Å². The predicted molar refractivity (Wildman–Crippen MR) is 85.4 cm³/mol. The van der Waals surface area contributed by atoms with Gasteiger partial charge in [-0.1, -0.05) is 24.0 Å². The minimum atomic E-state index is 0.387. The lowest BCUT2D eigenvalue weighted by atomic mass is 10.2. The second-order valence-corrected chi connectivity index (χ2v) is 5.29. The van der Waals surface area contributed by atoms with E-state index in [-0.39, 0.29) is 0 Å². The van der Waals surface area contributed by atoms with Crippen LogP contribution in [0.2, 0.25) is 0 Å². The minimum Gasteiger partial charge on any atom is -0.495 e. The molecule has 20 heavy (non-hydrogen) atoms. The first-order chi connectivity index (χ1) is 9.76. The quantitative estimate of drug-likeness (QED) is 0.878. The number of hydrogen-bond donors (Lipinski definition) is 1. The molecule has 1 aromatic carbocycles. The molecular formula is C16H18N2OS. The third kappa shape index (κ3) is 3.32. The zero-order valence-corrected chi connectivity index (χ0v) is 12.5. The summed E-state index contributed by atoms with van der Waals surface area (Å²) in [6, 6.07) is 10.0. The number of nitrogens with two attached hydrogens (primary N) is 1. The van der Waals surface area contributed by atoms with E-state index in [9.17, 15) is 0 Å². The molecule has 4 heteroatoms. The molecule has 0 aliphatic rings. The van der Waals surface area contributed by atoms with Gasteiger partial charge in [-0.15, -0.1) is 11.3 Å². The summed E-state index contributed by atoms with van der Waals surface area (Å²) in [4.78, 5) is 3.40. The SMILES string of the molecule is COc1ccccc1N(C)Cc1sccc1C#CCN. The number of thiophene rings is 1. The Kier molecular flexibility index (Phi) is 5.05. The Morgan fingerprint density at radius 2 is 2.10 bits per heavy atom. The van der Waals surface area contributed by atoms with Crippen LogP contribution >= 0.6 is 11.3 Å². The number of para-hydroxylation sites is 2. The average molecular weight is 286 g/mol. The molecular weight excluding hydrogens is 268 g/mol. The number of hydrogen-bond acceptors (Lipinski definition) is 4. The highest BCUT2D eigenvalue weighted by Crippen LogP contribution is 2.29. The van der Waals surface area contributed by atoms with E-state index in [1.54, 1.807) is 18.4 Å². The van der Waals surface area contributed by atoms with Crippen LogP contribution in [-0.2, 0) is 6.54 Å². The van der Waals surface area contributed by atoms with Gasteiger partial charge in [-0.25, -0.2) is 0 Å². The zero-order valence-electron chi connectivity index (χ0n) is 11.7. The van der Waals surface area contributed by atoms with Crippen molar-refractivity contribution in [3.05, 3.63) is 46.2 Å². The number of anilines is 1. The molecule has 1 heterocycles. The van der Waals surface area contributed by atoms with Crippen LogP contribution in [0.15, 0.2) is 35.7 Å². The maximum absolute atomic E-state index is 5.43. The Labute approximate surface area is 124 Å². The summed E-state index contributed by atoms with van der Waals surface area (Å²) in [5.41, 5.74) is 7.56. The molecule has 3 nitrogen and oxygen atoms in total. The first-order valence-corrected chi connectivity index (χ1v) is 7.23. The van der Waals surface area contributed by atoms with E-state index in [1.807, 2.05) is 24.3 Å². The molecule has 0 aliphatic heterocycles. The van der Waals surface area contributed by atoms with Crippen molar-refractivity contribution in [1.29, 1.82) is 0 Å². The van der Waals surface area contributed by atoms with Gasteiger partial charge >= 0.3 is 0 Å². The smallest absolute Gasteiger partial charge is 0.142 e. The lowest BCUT2D eigenvalue weighted by molar-refractivity contribution is 0.415. The highest BCUT2D eigenvalue weighted by molar-refractivity contribution is 7.10. The molecule has 0 saturated heterocycles. The van der Waals surface area contributed by atoms with Gasteiger partial charge in [-0.3, -0.25) is 0 Å². The van der Waals surface area contributed by atoms with Crippen molar-refractivity contribution in [2.75, 3.05) is 25.6 Å². The van der Waals surface area contributed by atoms with Gasteiger partial charge < -0.3 is 15.4 Å². The van der Waals surface area contributed by atoms with Crippen LogP contribution in [0.5, 0.6) is 5.75 Å². The van der Waals surface area contributed by atoms with Gasteiger partial charge in [0.15, 0.2) is 0 Å². The molecule has 1 aromatic heterocycles. The van der Waals surface area contributed by atoms with Gasteiger partial charge in [-0.05, 0) is 23.6 Å². The summed E-state index contributed by atoms with van der Waals surface area (Å²) in [6.07, 6.45) is 0. The number of benzene rings is 1. The summed E-state index contributed by atoms with van der Waals surface area (Å²) in [6.45, 7) is 1.18. The Morgan fingerprint density at radius 3 is 2.85 bits per heavy atom. The fourth-order valence-corrected chi connectivity index (χ4v) is 2.85. The first-order valence-electron chi connectivity index (χ1n) is 6.35. The maximum Gasteiger partial charge on any atom is 0.142 e. The first kappa shape index (κ1) is 14.4. The van der Waals surface area contributed by atoms with E-state index in [0.717, 1.165) is 23.5 Å². The molecule has 0 radical (unpaired) electrons. The van der Waals surface area contributed by atoms with Crippen LogP contribution in [-0.4, -0.2) is 20.7 Å². The van der Waals surface area contributed by atoms with Crippen LogP contribution in [0.3, 0.4) is 0 Å². The largest absolute Gasteiger partial charge is 0.495 e. The van der Waals surface area contributed by atoms with E-state index in [0.29, 0.717) is 6.54 Å². The Morgan fingerprint density at radius 1 is 1.30 bits per heavy atom. The third-order valence-corrected chi connectivity index (χ3v) is 3.85. The van der Waals surface area contributed by atoms with Crippen LogP contribution in [0.4, 0.5) is 5.69 Å². The molecule has 0 bridgehead atoms. The number of ether oxygens (including phenoxy) is 1. The van der Waals surface area contributed by atoms with Crippen molar-refractivity contribution in [1.82, 2.24) is 0 Å². The zero-order chi connectivity index (χ0) is 14.4. The van der Waals surface area contributed by atoms with E-state index < -0.39 is 0 Å². The molecule has 104 valence electrons. The lowest BCUT2D eigenvalue weighted by Gasteiger charge is -2.21. The van der Waals surface area contributed by atoms with Crippen LogP contribution < -0.4 is 15.4 Å². The fourth-order valence-electron chi connectivity index (χ4n) is 1.97. The standard InChI is InChI=1S/C16H18N2OS/c1-18(14-7-3-4-8-15(14)19-2)12-16-13(6-5-10-17)9-11-20-16/h3-4,7-9,11H,10,12,17H2,1-2H3. The monoisotopic (exact) mass is 286 g/mol. The van der Waals surface area contributed by atoms with Crippen molar-refractivity contribution in [3.63, 3.8) is 0 Å².